The summed E-state index contributed by atoms with van der Waals surface area (Å²) in [7, 11) is 0. The summed E-state index contributed by atoms with van der Waals surface area (Å²) < 4.78 is 91.2. The number of carboxylic acids is 1. The second-order valence-corrected chi connectivity index (χ2v) is 9.91. The lowest BCUT2D eigenvalue weighted by atomic mass is 9.96. The molecule has 0 saturated heterocycles. The van der Waals surface area contributed by atoms with Gasteiger partial charge in [-0.15, -0.1) is 0 Å². The maximum absolute atomic E-state index is 14.6. The molecule has 0 saturated carbocycles. The lowest BCUT2D eigenvalue weighted by Crippen LogP contribution is -2.10. The Morgan fingerprint density at radius 2 is 1.63 bits per heavy atom. The van der Waals surface area contributed by atoms with Crippen LogP contribution in [0.15, 0.2) is 78.9 Å². The molecule has 0 spiro atoms. The number of carboxylic acid groups (broad SMARTS) is 1. The Bertz CT molecular complexity index is 1770. The van der Waals surface area contributed by atoms with Gasteiger partial charge in [0.25, 0.3) is 0 Å². The van der Waals surface area contributed by atoms with Gasteiger partial charge in [-0.2, -0.15) is 18.3 Å². The monoisotopic (exact) mass is 598 g/mol. The summed E-state index contributed by atoms with van der Waals surface area (Å²) in [5, 5.41) is 13.6. The molecule has 43 heavy (non-hydrogen) atoms. The van der Waals surface area contributed by atoms with E-state index in [4.69, 9.17) is 4.74 Å². The molecule has 0 bridgehead atoms. The molecule has 0 aliphatic heterocycles. The predicted molar refractivity (Wildman–Crippen MR) is 147 cm³/mol. The molecule has 1 N–H and O–H groups in total. The molecule has 1 unspecified atom stereocenters. The molecule has 0 aliphatic rings. The fourth-order valence-electron chi connectivity index (χ4n) is 4.97. The third kappa shape index (κ3) is 6.20. The lowest BCUT2D eigenvalue weighted by molar-refractivity contribution is -0.139. The molecule has 1 aromatic heterocycles. The van der Waals surface area contributed by atoms with Crippen LogP contribution in [-0.4, -0.2) is 20.9 Å². The van der Waals surface area contributed by atoms with Crippen molar-refractivity contribution in [2.75, 3.05) is 0 Å². The maximum Gasteiger partial charge on any atom is 0.418 e. The zero-order chi connectivity index (χ0) is 30.9. The van der Waals surface area contributed by atoms with E-state index in [2.05, 4.69) is 5.10 Å². The number of rotatable bonds is 9. The Morgan fingerprint density at radius 3 is 2.26 bits per heavy atom. The molecule has 0 fully saturated rings. The van der Waals surface area contributed by atoms with Crippen LogP contribution < -0.4 is 4.74 Å². The molecule has 4 aromatic carbocycles. The third-order valence-corrected chi connectivity index (χ3v) is 7.09. The number of alkyl halides is 3. The van der Waals surface area contributed by atoms with Crippen LogP contribution in [0.3, 0.4) is 0 Å². The van der Waals surface area contributed by atoms with Gasteiger partial charge < -0.3 is 9.84 Å². The summed E-state index contributed by atoms with van der Waals surface area (Å²) >= 11 is 0. The van der Waals surface area contributed by atoms with Crippen molar-refractivity contribution in [2.45, 2.75) is 38.6 Å². The van der Waals surface area contributed by atoms with Gasteiger partial charge in [0.1, 0.15) is 35.3 Å². The first kappa shape index (κ1) is 29.7. The number of hydrogen-bond acceptors (Lipinski definition) is 3. The van der Waals surface area contributed by atoms with Crippen molar-refractivity contribution in [3.63, 3.8) is 0 Å². The first-order valence-corrected chi connectivity index (χ1v) is 13.2. The van der Waals surface area contributed by atoms with Crippen LogP contribution in [0.4, 0.5) is 26.3 Å². The van der Waals surface area contributed by atoms with E-state index in [0.29, 0.717) is 35.4 Å². The van der Waals surface area contributed by atoms with E-state index in [-0.39, 0.29) is 17.7 Å². The van der Waals surface area contributed by atoms with Crippen LogP contribution in [0.25, 0.3) is 22.2 Å². The standard InChI is InChI=1S/C32H24F6N2O3/c1-2-23(31(41)42)19-11-9-18(10-12-19)17-43-22-6-3-5-20(13-22)30-24-7-4-8-26(32(36,37)38)29(24)39-40(30)16-25-27(34)14-21(33)15-28(25)35/h3-15,23H,2,16-17H2,1H3,(H,41,42). The number of fused-ring (bicyclic) bond motifs is 1. The number of aromatic nitrogens is 2. The maximum atomic E-state index is 14.6. The number of ether oxygens (including phenoxy) is 1. The molecule has 0 aliphatic carbocycles. The van der Waals surface area contributed by atoms with Crippen molar-refractivity contribution in [2.24, 2.45) is 0 Å². The molecule has 0 radical (unpaired) electrons. The molecule has 5 rings (SSSR count). The van der Waals surface area contributed by atoms with Gasteiger partial charge in [0, 0.05) is 28.6 Å². The zero-order valence-electron chi connectivity index (χ0n) is 22.6. The number of carbonyl (C=O) groups is 1. The van der Waals surface area contributed by atoms with E-state index in [1.54, 1.807) is 55.5 Å². The molecular weight excluding hydrogens is 574 g/mol. The number of hydrogen-bond donors (Lipinski definition) is 1. The highest BCUT2D eigenvalue weighted by Crippen LogP contribution is 2.39. The highest BCUT2D eigenvalue weighted by Gasteiger charge is 2.35. The van der Waals surface area contributed by atoms with Gasteiger partial charge in [0.05, 0.1) is 23.7 Å². The average molecular weight is 599 g/mol. The summed E-state index contributed by atoms with van der Waals surface area (Å²) in [5.74, 6) is -4.71. The highest BCUT2D eigenvalue weighted by molar-refractivity contribution is 5.95. The summed E-state index contributed by atoms with van der Waals surface area (Å²) in [4.78, 5) is 11.4. The first-order valence-electron chi connectivity index (χ1n) is 13.2. The zero-order valence-corrected chi connectivity index (χ0v) is 22.6. The molecule has 5 aromatic rings. The Balaban J connectivity index is 1.51. The van der Waals surface area contributed by atoms with E-state index >= 15 is 0 Å². The van der Waals surface area contributed by atoms with Crippen LogP contribution in [0.5, 0.6) is 5.75 Å². The predicted octanol–water partition coefficient (Wildman–Crippen LogP) is 8.34. The minimum atomic E-state index is -4.75. The van der Waals surface area contributed by atoms with Gasteiger partial charge in [-0.05, 0) is 35.7 Å². The number of nitrogens with zero attached hydrogens (tertiary/aromatic N) is 2. The summed E-state index contributed by atoms with van der Waals surface area (Å²) in [6.45, 7) is 1.29. The van der Waals surface area contributed by atoms with Crippen molar-refractivity contribution in [3.8, 4) is 17.0 Å². The van der Waals surface area contributed by atoms with E-state index in [1.807, 2.05) is 0 Å². The lowest BCUT2D eigenvalue weighted by Gasteiger charge is -2.13. The van der Waals surface area contributed by atoms with Crippen LogP contribution in [0, 0.1) is 17.5 Å². The Labute approximate surface area is 242 Å². The largest absolute Gasteiger partial charge is 0.489 e. The van der Waals surface area contributed by atoms with Crippen molar-refractivity contribution >= 4 is 16.9 Å². The van der Waals surface area contributed by atoms with Crippen LogP contribution in [0.1, 0.15) is 41.5 Å². The van der Waals surface area contributed by atoms with Crippen molar-refractivity contribution in [1.82, 2.24) is 9.78 Å². The van der Waals surface area contributed by atoms with Gasteiger partial charge in [-0.25, -0.2) is 13.2 Å². The van der Waals surface area contributed by atoms with Gasteiger partial charge >= 0.3 is 12.1 Å². The number of benzene rings is 4. The second-order valence-electron chi connectivity index (χ2n) is 9.91. The molecule has 1 heterocycles. The Kier molecular flexibility index (Phi) is 8.16. The molecule has 11 heteroatoms. The fourth-order valence-corrected chi connectivity index (χ4v) is 4.97. The first-order chi connectivity index (χ1) is 20.5. The van der Waals surface area contributed by atoms with Gasteiger partial charge in [0.2, 0.25) is 0 Å². The Hall–Kier alpha value is -4.80. The second kappa shape index (κ2) is 11.8. The molecule has 1 atom stereocenters. The van der Waals surface area contributed by atoms with Crippen LogP contribution >= 0.6 is 0 Å². The summed E-state index contributed by atoms with van der Waals surface area (Å²) in [6.07, 6.45) is -4.31. The minimum Gasteiger partial charge on any atom is -0.489 e. The number of aliphatic carboxylic acids is 1. The summed E-state index contributed by atoms with van der Waals surface area (Å²) in [6, 6.07) is 17.8. The van der Waals surface area contributed by atoms with Crippen molar-refractivity contribution in [1.29, 1.82) is 0 Å². The average Bonchev–Trinajstić information content (AvgIpc) is 3.32. The molecule has 5 nitrogen and oxygen atoms in total. The van der Waals surface area contributed by atoms with Gasteiger partial charge in [-0.1, -0.05) is 55.5 Å². The smallest absolute Gasteiger partial charge is 0.418 e. The van der Waals surface area contributed by atoms with Crippen LogP contribution in [-0.2, 0) is 24.1 Å². The van der Waals surface area contributed by atoms with E-state index < -0.39 is 58.7 Å². The van der Waals surface area contributed by atoms with Gasteiger partial charge in [0.15, 0.2) is 0 Å². The SMILES string of the molecule is CCC(C(=O)O)c1ccc(COc2cccc(-c3c4cccc(C(F)(F)F)c4nn3Cc3c(F)cc(F)cc3F)c2)cc1. The molecule has 0 amide bonds. The van der Waals surface area contributed by atoms with E-state index in [0.717, 1.165) is 16.3 Å². The quantitative estimate of drug-likeness (QED) is 0.173. The van der Waals surface area contributed by atoms with Crippen molar-refractivity contribution in [3.05, 3.63) is 119 Å². The topological polar surface area (TPSA) is 64.3 Å². The number of halogens is 6. The molecular formula is C32H24F6N2O3. The Morgan fingerprint density at radius 1 is 0.953 bits per heavy atom. The molecule has 222 valence electrons. The van der Waals surface area contributed by atoms with Crippen molar-refractivity contribution < 1.29 is 41.0 Å². The normalized spacial score (nSPS) is 12.4. The van der Waals surface area contributed by atoms with Gasteiger partial charge in [-0.3, -0.25) is 9.48 Å². The van der Waals surface area contributed by atoms with E-state index in [1.165, 1.54) is 12.1 Å². The summed E-state index contributed by atoms with van der Waals surface area (Å²) in [5.41, 5.74) is -0.0634. The fraction of sp³-hybridized carbons (Fsp3) is 0.188. The third-order valence-electron chi connectivity index (χ3n) is 7.09. The highest BCUT2D eigenvalue weighted by atomic mass is 19.4. The van der Waals surface area contributed by atoms with Crippen LogP contribution in [0.2, 0.25) is 0 Å². The minimum absolute atomic E-state index is 0.0920. The van der Waals surface area contributed by atoms with E-state index in [9.17, 15) is 36.2 Å².